The predicted molar refractivity (Wildman–Crippen MR) is 69.1 cm³/mol. The Balaban J connectivity index is 2.55. The number of hydrogen-bond donors (Lipinski definition) is 4. The summed E-state index contributed by atoms with van der Waals surface area (Å²) >= 11 is 0. The van der Waals surface area contributed by atoms with Crippen molar-refractivity contribution in [1.82, 2.24) is 15.3 Å². The fourth-order valence-electron chi connectivity index (χ4n) is 1.31. The van der Waals surface area contributed by atoms with Gasteiger partial charge in [-0.2, -0.15) is 9.97 Å². The summed E-state index contributed by atoms with van der Waals surface area (Å²) in [5.41, 5.74) is 11.7. The summed E-state index contributed by atoms with van der Waals surface area (Å²) in [6, 6.07) is 0. The molecule has 0 amide bonds. The van der Waals surface area contributed by atoms with Gasteiger partial charge < -0.3 is 26.8 Å². The highest BCUT2D eigenvalue weighted by atomic mass is 16.5. The number of hydrogen-bond acceptors (Lipinski definition) is 7. The summed E-state index contributed by atoms with van der Waals surface area (Å²) in [5, 5.41) is 6.04. The predicted octanol–water partition coefficient (Wildman–Crippen LogP) is 0.0611. The molecule has 0 aliphatic carbocycles. The number of nitrogens with zero attached hydrogens (tertiary/aromatic N) is 2. The molecule has 0 bridgehead atoms. The molecule has 0 aromatic carbocycles. The molecular formula is C10H20N6O. The maximum Gasteiger partial charge on any atom is 0.244 e. The molecule has 1 aromatic heterocycles. The van der Waals surface area contributed by atoms with E-state index in [0.29, 0.717) is 24.0 Å². The SMILES string of the molecule is CCNCCCOc1nc(N)nc(NC)c1N. The van der Waals surface area contributed by atoms with Crippen molar-refractivity contribution >= 4 is 17.5 Å². The summed E-state index contributed by atoms with van der Waals surface area (Å²) in [5.74, 6) is 0.961. The zero-order valence-electron chi connectivity index (χ0n) is 10.3. The number of ether oxygens (including phenoxy) is 1. The highest BCUT2D eigenvalue weighted by Gasteiger charge is 2.10. The molecule has 6 N–H and O–H groups in total. The Bertz CT molecular complexity index is 357. The van der Waals surface area contributed by atoms with Gasteiger partial charge in [-0.1, -0.05) is 6.92 Å². The van der Waals surface area contributed by atoms with Gasteiger partial charge in [-0.05, 0) is 19.5 Å². The summed E-state index contributed by atoms with van der Waals surface area (Å²) in [6.07, 6.45) is 0.881. The van der Waals surface area contributed by atoms with Gasteiger partial charge in [0.25, 0.3) is 0 Å². The molecule has 7 heteroatoms. The highest BCUT2D eigenvalue weighted by Crippen LogP contribution is 2.26. The molecule has 96 valence electrons. The molecule has 0 atom stereocenters. The van der Waals surface area contributed by atoms with Crippen LogP contribution in [0, 0.1) is 0 Å². The molecule has 0 saturated carbocycles. The largest absolute Gasteiger partial charge is 0.476 e. The van der Waals surface area contributed by atoms with Crippen molar-refractivity contribution in [3.63, 3.8) is 0 Å². The van der Waals surface area contributed by atoms with Crippen LogP contribution in [0.4, 0.5) is 17.5 Å². The lowest BCUT2D eigenvalue weighted by atomic mass is 10.4. The number of anilines is 3. The molecule has 0 spiro atoms. The summed E-state index contributed by atoms with van der Waals surface area (Å²) in [4.78, 5) is 7.91. The molecule has 7 nitrogen and oxygen atoms in total. The normalized spacial score (nSPS) is 10.2. The second-order valence-corrected chi connectivity index (χ2v) is 3.45. The molecule has 0 aliphatic rings. The Labute approximate surface area is 101 Å². The van der Waals surface area contributed by atoms with Gasteiger partial charge in [-0.3, -0.25) is 0 Å². The molecule has 0 unspecified atom stereocenters. The van der Waals surface area contributed by atoms with Crippen molar-refractivity contribution in [2.45, 2.75) is 13.3 Å². The Hall–Kier alpha value is -1.76. The number of nitrogens with two attached hydrogens (primary N) is 2. The van der Waals surface area contributed by atoms with Crippen LogP contribution < -0.4 is 26.8 Å². The number of nitrogen functional groups attached to an aromatic ring is 2. The fraction of sp³-hybridized carbons (Fsp3) is 0.600. The lowest BCUT2D eigenvalue weighted by Gasteiger charge is -2.11. The molecule has 17 heavy (non-hydrogen) atoms. The number of rotatable bonds is 7. The van der Waals surface area contributed by atoms with Gasteiger partial charge in [0.05, 0.1) is 6.61 Å². The second-order valence-electron chi connectivity index (χ2n) is 3.45. The average Bonchev–Trinajstić information content (AvgIpc) is 2.32. The van der Waals surface area contributed by atoms with Gasteiger partial charge in [0.1, 0.15) is 5.69 Å². The molecule has 1 rings (SSSR count). The summed E-state index contributed by atoms with van der Waals surface area (Å²) in [7, 11) is 1.72. The van der Waals surface area contributed by atoms with E-state index in [2.05, 4.69) is 27.5 Å². The van der Waals surface area contributed by atoms with Crippen LogP contribution >= 0.6 is 0 Å². The van der Waals surface area contributed by atoms with Gasteiger partial charge in [0, 0.05) is 7.05 Å². The molecule has 0 saturated heterocycles. The minimum atomic E-state index is 0.144. The zero-order chi connectivity index (χ0) is 12.7. The first-order valence-electron chi connectivity index (χ1n) is 5.63. The lowest BCUT2D eigenvalue weighted by molar-refractivity contribution is 0.299. The van der Waals surface area contributed by atoms with Crippen LogP contribution in [0.3, 0.4) is 0 Å². The fourth-order valence-corrected chi connectivity index (χ4v) is 1.31. The minimum Gasteiger partial charge on any atom is -0.476 e. The van der Waals surface area contributed by atoms with E-state index in [1.807, 2.05) is 0 Å². The van der Waals surface area contributed by atoms with Crippen LogP contribution in [0.5, 0.6) is 5.88 Å². The van der Waals surface area contributed by atoms with Crippen molar-refractivity contribution in [3.8, 4) is 5.88 Å². The van der Waals surface area contributed by atoms with E-state index in [1.54, 1.807) is 7.05 Å². The Morgan fingerprint density at radius 1 is 1.29 bits per heavy atom. The Morgan fingerprint density at radius 3 is 2.71 bits per heavy atom. The molecule has 0 aliphatic heterocycles. The van der Waals surface area contributed by atoms with E-state index in [4.69, 9.17) is 16.2 Å². The van der Waals surface area contributed by atoms with E-state index in [0.717, 1.165) is 19.5 Å². The van der Waals surface area contributed by atoms with Crippen molar-refractivity contribution < 1.29 is 4.74 Å². The van der Waals surface area contributed by atoms with Crippen LogP contribution in [0.1, 0.15) is 13.3 Å². The third-order valence-electron chi connectivity index (χ3n) is 2.15. The molecule has 1 aromatic rings. The highest BCUT2D eigenvalue weighted by molar-refractivity contribution is 5.68. The molecular weight excluding hydrogens is 220 g/mol. The number of nitrogens with one attached hydrogen (secondary N) is 2. The quantitative estimate of drug-likeness (QED) is 0.499. The van der Waals surface area contributed by atoms with Crippen LogP contribution in [0.15, 0.2) is 0 Å². The first-order valence-corrected chi connectivity index (χ1v) is 5.63. The molecule has 0 fully saturated rings. The summed E-state index contributed by atoms with van der Waals surface area (Å²) < 4.78 is 5.47. The minimum absolute atomic E-state index is 0.144. The topological polar surface area (TPSA) is 111 Å². The molecule has 1 heterocycles. The van der Waals surface area contributed by atoms with E-state index in [1.165, 1.54) is 0 Å². The van der Waals surface area contributed by atoms with Crippen molar-refractivity contribution in [2.24, 2.45) is 0 Å². The monoisotopic (exact) mass is 240 g/mol. The van der Waals surface area contributed by atoms with Gasteiger partial charge in [-0.15, -0.1) is 0 Å². The smallest absolute Gasteiger partial charge is 0.244 e. The standard InChI is InChI=1S/C10H20N6O/c1-3-14-5-4-6-17-9-7(11)8(13-2)15-10(12)16-9/h14H,3-6,11H2,1-2H3,(H3,12,13,15,16). The van der Waals surface area contributed by atoms with E-state index >= 15 is 0 Å². The maximum absolute atomic E-state index is 5.82. The van der Waals surface area contributed by atoms with Gasteiger partial charge in [0.2, 0.25) is 11.8 Å². The van der Waals surface area contributed by atoms with Crippen molar-refractivity contribution in [3.05, 3.63) is 0 Å². The van der Waals surface area contributed by atoms with E-state index in [-0.39, 0.29) is 5.95 Å². The van der Waals surface area contributed by atoms with Gasteiger partial charge >= 0.3 is 0 Å². The zero-order valence-corrected chi connectivity index (χ0v) is 10.3. The van der Waals surface area contributed by atoms with Crippen LogP contribution in [-0.2, 0) is 0 Å². The van der Waals surface area contributed by atoms with Crippen LogP contribution in [0.25, 0.3) is 0 Å². The number of aromatic nitrogens is 2. The third kappa shape index (κ3) is 3.95. The first kappa shape index (κ1) is 13.3. The average molecular weight is 240 g/mol. The lowest BCUT2D eigenvalue weighted by Crippen LogP contribution is -2.17. The van der Waals surface area contributed by atoms with Gasteiger partial charge in [0.15, 0.2) is 5.82 Å². The van der Waals surface area contributed by atoms with Crippen molar-refractivity contribution in [1.29, 1.82) is 0 Å². The molecule has 0 radical (unpaired) electrons. The third-order valence-corrected chi connectivity index (χ3v) is 2.15. The Morgan fingerprint density at radius 2 is 2.06 bits per heavy atom. The van der Waals surface area contributed by atoms with Gasteiger partial charge in [-0.25, -0.2) is 0 Å². The van der Waals surface area contributed by atoms with Crippen LogP contribution in [-0.4, -0.2) is 36.7 Å². The second kappa shape index (κ2) is 6.74. The van der Waals surface area contributed by atoms with Crippen LogP contribution in [0.2, 0.25) is 0 Å². The maximum atomic E-state index is 5.82. The van der Waals surface area contributed by atoms with Crippen molar-refractivity contribution in [2.75, 3.05) is 43.5 Å². The Kier molecular flexibility index (Phi) is 5.28. The van der Waals surface area contributed by atoms with E-state index < -0.39 is 0 Å². The first-order chi connectivity index (χ1) is 8.19. The van der Waals surface area contributed by atoms with E-state index in [9.17, 15) is 0 Å². The summed E-state index contributed by atoms with van der Waals surface area (Å²) in [6.45, 7) is 4.45.